The van der Waals surface area contributed by atoms with Gasteiger partial charge in [-0.1, -0.05) is 39.8 Å². The third kappa shape index (κ3) is 5.49. The molecule has 0 atom stereocenters. The highest BCUT2D eigenvalue weighted by molar-refractivity contribution is 7.92. The van der Waals surface area contributed by atoms with Gasteiger partial charge in [-0.3, -0.25) is 9.10 Å². The Morgan fingerprint density at radius 2 is 1.70 bits per heavy atom. The topological polar surface area (TPSA) is 66.5 Å². The standard InChI is InChI=1S/C16H25FN2O3S/c1-11(2)16(12(3)4)18-15(20)10-19(23(5,21)22)14-9-7-6-8-13(14)17/h6-9,11-12,16H,10H2,1-5H3,(H,18,20). The monoisotopic (exact) mass is 344 g/mol. The van der Waals surface area contributed by atoms with E-state index in [0.29, 0.717) is 0 Å². The number of amides is 1. The van der Waals surface area contributed by atoms with E-state index in [2.05, 4.69) is 5.32 Å². The fourth-order valence-corrected chi connectivity index (χ4v) is 3.36. The summed E-state index contributed by atoms with van der Waals surface area (Å²) in [4.78, 5) is 12.3. The molecule has 0 saturated heterocycles. The molecule has 5 nitrogen and oxygen atoms in total. The lowest BCUT2D eigenvalue weighted by atomic mass is 9.93. The molecule has 0 fully saturated rings. The molecule has 0 saturated carbocycles. The zero-order valence-corrected chi connectivity index (χ0v) is 15.0. The minimum absolute atomic E-state index is 0.0791. The maximum atomic E-state index is 13.9. The summed E-state index contributed by atoms with van der Waals surface area (Å²) in [6.07, 6.45) is 0.953. The number of rotatable bonds is 7. The van der Waals surface area contributed by atoms with Crippen molar-refractivity contribution in [3.05, 3.63) is 30.1 Å². The van der Waals surface area contributed by atoms with Crippen molar-refractivity contribution < 1.29 is 17.6 Å². The summed E-state index contributed by atoms with van der Waals surface area (Å²) in [7, 11) is -3.78. The van der Waals surface area contributed by atoms with Crippen molar-refractivity contribution in [2.24, 2.45) is 11.8 Å². The minimum atomic E-state index is -3.78. The highest BCUT2D eigenvalue weighted by Gasteiger charge is 2.26. The summed E-state index contributed by atoms with van der Waals surface area (Å²) < 4.78 is 38.6. The van der Waals surface area contributed by atoms with Gasteiger partial charge in [0.15, 0.2) is 0 Å². The first kappa shape index (κ1) is 19.4. The van der Waals surface area contributed by atoms with Gasteiger partial charge in [0.05, 0.1) is 11.9 Å². The van der Waals surface area contributed by atoms with Gasteiger partial charge in [0.1, 0.15) is 12.4 Å². The van der Waals surface area contributed by atoms with E-state index in [-0.39, 0.29) is 23.6 Å². The largest absolute Gasteiger partial charge is 0.351 e. The summed E-state index contributed by atoms with van der Waals surface area (Å²) in [6, 6.07) is 5.42. The smallest absolute Gasteiger partial charge is 0.241 e. The van der Waals surface area contributed by atoms with Crippen LogP contribution >= 0.6 is 0 Å². The van der Waals surface area contributed by atoms with Crippen molar-refractivity contribution in [3.8, 4) is 0 Å². The normalized spacial score (nSPS) is 12.0. The maximum absolute atomic E-state index is 13.9. The molecular formula is C16H25FN2O3S. The molecule has 0 aliphatic carbocycles. The molecular weight excluding hydrogens is 319 g/mol. The van der Waals surface area contributed by atoms with Crippen molar-refractivity contribution in [2.75, 3.05) is 17.1 Å². The van der Waals surface area contributed by atoms with Crippen LogP contribution in [0.4, 0.5) is 10.1 Å². The zero-order valence-electron chi connectivity index (χ0n) is 14.2. The first-order valence-electron chi connectivity index (χ1n) is 7.55. The van der Waals surface area contributed by atoms with Gasteiger partial charge in [0, 0.05) is 6.04 Å². The summed E-state index contributed by atoms with van der Waals surface area (Å²) in [5.74, 6) is -0.723. The van der Waals surface area contributed by atoms with Crippen LogP contribution in [0.2, 0.25) is 0 Å². The predicted octanol–water partition coefficient (Wildman–Crippen LogP) is 2.39. The fraction of sp³-hybridized carbons (Fsp3) is 0.562. The number of sulfonamides is 1. The number of hydrogen-bond donors (Lipinski definition) is 1. The van der Waals surface area contributed by atoms with Crippen LogP contribution in [0.5, 0.6) is 0 Å². The van der Waals surface area contributed by atoms with Gasteiger partial charge in [-0.2, -0.15) is 0 Å². The van der Waals surface area contributed by atoms with E-state index in [1.54, 1.807) is 0 Å². The number of para-hydroxylation sites is 1. The number of halogens is 1. The van der Waals surface area contributed by atoms with Crippen LogP contribution < -0.4 is 9.62 Å². The van der Waals surface area contributed by atoms with Gasteiger partial charge in [-0.25, -0.2) is 12.8 Å². The predicted molar refractivity (Wildman–Crippen MR) is 90.2 cm³/mol. The van der Waals surface area contributed by atoms with Gasteiger partial charge in [0.2, 0.25) is 15.9 Å². The van der Waals surface area contributed by atoms with Crippen molar-refractivity contribution in [1.29, 1.82) is 0 Å². The lowest BCUT2D eigenvalue weighted by Crippen LogP contribution is -2.47. The molecule has 0 aromatic heterocycles. The summed E-state index contributed by atoms with van der Waals surface area (Å²) in [5, 5.41) is 2.84. The molecule has 1 aromatic rings. The van der Waals surface area contributed by atoms with Gasteiger partial charge in [0.25, 0.3) is 0 Å². The second-order valence-electron chi connectivity index (χ2n) is 6.30. The lowest BCUT2D eigenvalue weighted by Gasteiger charge is -2.28. The number of benzene rings is 1. The van der Waals surface area contributed by atoms with E-state index in [9.17, 15) is 17.6 Å². The lowest BCUT2D eigenvalue weighted by molar-refractivity contribution is -0.121. The molecule has 1 amide bonds. The molecule has 0 radical (unpaired) electrons. The molecule has 0 aliphatic heterocycles. The molecule has 23 heavy (non-hydrogen) atoms. The van der Waals surface area contributed by atoms with E-state index < -0.39 is 28.3 Å². The average Bonchev–Trinajstić information content (AvgIpc) is 2.41. The number of nitrogens with zero attached hydrogens (tertiary/aromatic N) is 1. The maximum Gasteiger partial charge on any atom is 0.241 e. The summed E-state index contributed by atoms with van der Waals surface area (Å²) in [6.45, 7) is 7.48. The molecule has 1 rings (SSSR count). The zero-order chi connectivity index (χ0) is 17.8. The van der Waals surface area contributed by atoms with Crippen LogP contribution in [0.3, 0.4) is 0 Å². The number of hydrogen-bond acceptors (Lipinski definition) is 3. The van der Waals surface area contributed by atoms with E-state index >= 15 is 0 Å². The van der Waals surface area contributed by atoms with Gasteiger partial charge < -0.3 is 5.32 Å². The molecule has 0 bridgehead atoms. The SMILES string of the molecule is CC(C)C(NC(=O)CN(c1ccccc1F)S(C)(=O)=O)C(C)C. The van der Waals surface area contributed by atoms with Crippen LogP contribution in [0.1, 0.15) is 27.7 Å². The van der Waals surface area contributed by atoms with Crippen molar-refractivity contribution in [1.82, 2.24) is 5.32 Å². The number of anilines is 1. The van der Waals surface area contributed by atoms with Crippen LogP contribution in [0.25, 0.3) is 0 Å². The third-order valence-electron chi connectivity index (χ3n) is 3.57. The van der Waals surface area contributed by atoms with Gasteiger partial charge in [-0.15, -0.1) is 0 Å². The molecule has 7 heteroatoms. The molecule has 130 valence electrons. The second-order valence-corrected chi connectivity index (χ2v) is 8.21. The van der Waals surface area contributed by atoms with Gasteiger partial charge >= 0.3 is 0 Å². The highest BCUT2D eigenvalue weighted by Crippen LogP contribution is 2.21. The van der Waals surface area contributed by atoms with E-state index in [1.807, 2.05) is 27.7 Å². The fourth-order valence-electron chi connectivity index (χ4n) is 2.50. The first-order valence-corrected chi connectivity index (χ1v) is 9.40. The number of carbonyl (C=O) groups is 1. The minimum Gasteiger partial charge on any atom is -0.351 e. The van der Waals surface area contributed by atoms with E-state index in [0.717, 1.165) is 16.6 Å². The molecule has 0 heterocycles. The van der Waals surface area contributed by atoms with Crippen LogP contribution in [0, 0.1) is 17.7 Å². The molecule has 0 aliphatic rings. The van der Waals surface area contributed by atoms with Crippen molar-refractivity contribution in [3.63, 3.8) is 0 Å². The number of nitrogens with one attached hydrogen (secondary N) is 1. The molecule has 0 unspecified atom stereocenters. The Labute approximate surface area is 137 Å². The summed E-state index contributed by atoms with van der Waals surface area (Å²) in [5.41, 5.74) is -0.129. The Kier molecular flexibility index (Phi) is 6.56. The molecule has 1 aromatic carbocycles. The average molecular weight is 344 g/mol. The van der Waals surface area contributed by atoms with E-state index in [4.69, 9.17) is 0 Å². The van der Waals surface area contributed by atoms with Crippen LogP contribution in [0.15, 0.2) is 24.3 Å². The Balaban J connectivity index is 3.00. The molecule has 1 N–H and O–H groups in total. The second kappa shape index (κ2) is 7.77. The van der Waals surface area contributed by atoms with Crippen molar-refractivity contribution >= 4 is 21.6 Å². The van der Waals surface area contributed by atoms with Crippen molar-refractivity contribution in [2.45, 2.75) is 33.7 Å². The summed E-state index contributed by atoms with van der Waals surface area (Å²) >= 11 is 0. The Bertz CT molecular complexity index is 636. The Morgan fingerprint density at radius 3 is 2.13 bits per heavy atom. The van der Waals surface area contributed by atoms with Crippen LogP contribution in [-0.2, 0) is 14.8 Å². The highest BCUT2D eigenvalue weighted by atomic mass is 32.2. The molecule has 0 spiro atoms. The number of carbonyl (C=O) groups excluding carboxylic acids is 1. The van der Waals surface area contributed by atoms with Gasteiger partial charge in [-0.05, 0) is 24.0 Å². The Morgan fingerprint density at radius 1 is 1.17 bits per heavy atom. The Hall–Kier alpha value is -1.63. The third-order valence-corrected chi connectivity index (χ3v) is 4.70. The quantitative estimate of drug-likeness (QED) is 0.826. The van der Waals surface area contributed by atoms with Crippen LogP contribution in [-0.4, -0.2) is 33.2 Å². The van der Waals surface area contributed by atoms with E-state index in [1.165, 1.54) is 18.2 Å². The first-order chi connectivity index (χ1) is 10.5.